The lowest BCUT2D eigenvalue weighted by molar-refractivity contribution is 0.0274. The van der Waals surface area contributed by atoms with Gasteiger partial charge < -0.3 is 29.9 Å². The van der Waals surface area contributed by atoms with Gasteiger partial charge in [-0.15, -0.1) is 0 Å². The predicted octanol–water partition coefficient (Wildman–Crippen LogP) is 4.38. The minimum atomic E-state index is -1.09. The summed E-state index contributed by atoms with van der Waals surface area (Å²) >= 11 is 0. The van der Waals surface area contributed by atoms with Gasteiger partial charge in [0.25, 0.3) is 0 Å². The average Bonchev–Trinajstić information content (AvgIpc) is 2.63. The first-order valence-electron chi connectivity index (χ1n) is 8.67. The number of carbonyl (C=O) groups is 2. The van der Waals surface area contributed by atoms with Crippen molar-refractivity contribution >= 4 is 33.5 Å². The van der Waals surface area contributed by atoms with Crippen molar-refractivity contribution < 1.29 is 39.5 Å². The van der Waals surface area contributed by atoms with E-state index < -0.39 is 21.8 Å². The predicted molar refractivity (Wildman–Crippen MR) is 114 cm³/mol. The molecule has 0 aromatic heterocycles. The van der Waals surface area contributed by atoms with Crippen LogP contribution in [-0.4, -0.2) is 42.2 Å². The molecule has 0 spiro atoms. The fraction of sp³-hybridized carbons (Fsp3) is 0.300. The lowest BCUT2D eigenvalue weighted by Crippen LogP contribution is -2.27. The van der Waals surface area contributed by atoms with E-state index in [1.54, 1.807) is 27.7 Å². The SMILES string of the molecule is CC(C)(OC(=O)c1cc(O)ccc1O)SSC(C)(C)OC(=O)c1cc(O)ccc1O. The van der Waals surface area contributed by atoms with Gasteiger partial charge >= 0.3 is 11.9 Å². The van der Waals surface area contributed by atoms with Crippen molar-refractivity contribution in [3.05, 3.63) is 47.5 Å². The molecule has 0 amide bonds. The molecule has 0 radical (unpaired) electrons. The van der Waals surface area contributed by atoms with E-state index in [-0.39, 0.29) is 34.1 Å². The molecule has 0 unspecified atom stereocenters. The fourth-order valence-electron chi connectivity index (χ4n) is 2.17. The van der Waals surface area contributed by atoms with Crippen LogP contribution in [0.3, 0.4) is 0 Å². The number of benzene rings is 2. The normalized spacial score (nSPS) is 11.7. The Morgan fingerprint density at radius 1 is 0.700 bits per heavy atom. The van der Waals surface area contributed by atoms with Crippen LogP contribution in [0.2, 0.25) is 0 Å². The van der Waals surface area contributed by atoms with E-state index in [1.165, 1.54) is 24.3 Å². The van der Waals surface area contributed by atoms with E-state index in [2.05, 4.69) is 0 Å². The van der Waals surface area contributed by atoms with Gasteiger partial charge in [-0.25, -0.2) is 9.59 Å². The molecule has 2 aromatic carbocycles. The zero-order chi connectivity index (χ0) is 22.7. The van der Waals surface area contributed by atoms with Crippen LogP contribution in [0.25, 0.3) is 0 Å². The van der Waals surface area contributed by atoms with Crippen LogP contribution >= 0.6 is 21.6 Å². The summed E-state index contributed by atoms with van der Waals surface area (Å²) in [5, 5.41) is 38.6. The van der Waals surface area contributed by atoms with Crippen LogP contribution in [0.1, 0.15) is 48.4 Å². The maximum absolute atomic E-state index is 12.3. The molecular weight excluding hydrogens is 432 g/mol. The smallest absolute Gasteiger partial charge is 0.343 e. The van der Waals surface area contributed by atoms with Crippen molar-refractivity contribution in [2.24, 2.45) is 0 Å². The van der Waals surface area contributed by atoms with E-state index in [4.69, 9.17) is 9.47 Å². The van der Waals surface area contributed by atoms with Crippen LogP contribution in [0.15, 0.2) is 36.4 Å². The molecule has 0 saturated carbocycles. The summed E-state index contributed by atoms with van der Waals surface area (Å²) in [6.45, 7) is 6.45. The molecule has 0 aliphatic rings. The van der Waals surface area contributed by atoms with Crippen molar-refractivity contribution in [3.63, 3.8) is 0 Å². The molecule has 30 heavy (non-hydrogen) atoms. The first-order chi connectivity index (χ1) is 13.8. The minimum absolute atomic E-state index is 0.182. The summed E-state index contributed by atoms with van der Waals surface area (Å²) in [4.78, 5) is 22.5. The van der Waals surface area contributed by atoms with E-state index >= 15 is 0 Å². The largest absolute Gasteiger partial charge is 0.508 e. The highest BCUT2D eigenvalue weighted by Gasteiger charge is 2.33. The van der Waals surface area contributed by atoms with Crippen LogP contribution in [0.4, 0.5) is 0 Å². The summed E-state index contributed by atoms with van der Waals surface area (Å²) in [6.07, 6.45) is 0. The Hall–Kier alpha value is -2.72. The van der Waals surface area contributed by atoms with E-state index in [1.807, 2.05) is 0 Å². The number of rotatable bonds is 7. The second-order valence-corrected chi connectivity index (χ2v) is 10.4. The molecule has 0 heterocycles. The van der Waals surface area contributed by atoms with Gasteiger partial charge in [-0.2, -0.15) is 0 Å². The number of hydrogen-bond acceptors (Lipinski definition) is 10. The Bertz CT molecular complexity index is 878. The van der Waals surface area contributed by atoms with Gasteiger partial charge in [0.2, 0.25) is 0 Å². The van der Waals surface area contributed by atoms with E-state index in [0.29, 0.717) is 0 Å². The molecule has 0 atom stereocenters. The molecule has 2 aromatic rings. The standard InChI is InChI=1S/C20H22O8S2/c1-19(2,27-17(25)13-9-11(21)5-7-15(13)23)29-30-20(3,4)28-18(26)14-10-12(22)6-8-16(14)24/h5-10,21-24H,1-4H3. The molecule has 4 N–H and O–H groups in total. The number of esters is 2. The van der Waals surface area contributed by atoms with Crippen LogP contribution in [0, 0.1) is 0 Å². The first-order valence-corrected chi connectivity index (χ1v) is 10.8. The van der Waals surface area contributed by atoms with Crippen LogP contribution in [0.5, 0.6) is 23.0 Å². The second-order valence-electron chi connectivity index (χ2n) is 7.15. The molecule has 0 bridgehead atoms. The molecule has 162 valence electrons. The molecule has 2 rings (SSSR count). The third-order valence-corrected chi connectivity index (χ3v) is 7.23. The van der Waals surface area contributed by atoms with Crippen molar-refractivity contribution in [3.8, 4) is 23.0 Å². The Morgan fingerprint density at radius 3 is 1.37 bits per heavy atom. The molecule has 0 fully saturated rings. The number of aromatic hydroxyl groups is 4. The maximum atomic E-state index is 12.3. The molecule has 0 aliphatic carbocycles. The van der Waals surface area contributed by atoms with E-state index in [0.717, 1.165) is 33.7 Å². The zero-order valence-electron chi connectivity index (χ0n) is 16.7. The third kappa shape index (κ3) is 6.39. The molecular formula is C20H22O8S2. The summed E-state index contributed by atoms with van der Waals surface area (Å²) < 4.78 is 10.8. The van der Waals surface area contributed by atoms with Crippen molar-refractivity contribution in [1.29, 1.82) is 0 Å². The minimum Gasteiger partial charge on any atom is -0.508 e. The quantitative estimate of drug-likeness (QED) is 0.207. The van der Waals surface area contributed by atoms with Crippen LogP contribution < -0.4 is 0 Å². The number of carbonyl (C=O) groups excluding carboxylic acids is 2. The van der Waals surface area contributed by atoms with Crippen LogP contribution in [-0.2, 0) is 9.47 Å². The highest BCUT2D eigenvalue weighted by Crippen LogP contribution is 2.45. The average molecular weight is 455 g/mol. The van der Waals surface area contributed by atoms with Crippen molar-refractivity contribution in [2.45, 2.75) is 37.6 Å². The number of phenolic OH excluding ortho intramolecular Hbond substituents is 4. The lowest BCUT2D eigenvalue weighted by atomic mass is 10.2. The fourth-order valence-corrected chi connectivity index (χ4v) is 4.20. The Labute approximate surface area is 181 Å². The first kappa shape index (κ1) is 23.6. The molecule has 0 aliphatic heterocycles. The Kier molecular flexibility index (Phi) is 7.04. The van der Waals surface area contributed by atoms with Gasteiger partial charge in [0.15, 0.2) is 9.87 Å². The highest BCUT2D eigenvalue weighted by molar-refractivity contribution is 8.77. The van der Waals surface area contributed by atoms with Gasteiger partial charge in [0.05, 0.1) is 0 Å². The molecule has 10 heteroatoms. The second kappa shape index (κ2) is 8.97. The number of ether oxygens (including phenoxy) is 2. The summed E-state index contributed by atoms with van der Waals surface area (Å²) in [5.74, 6) is -2.70. The monoisotopic (exact) mass is 454 g/mol. The Balaban J connectivity index is 2.01. The summed E-state index contributed by atoms with van der Waals surface area (Å²) in [5.41, 5.74) is -0.363. The zero-order valence-corrected chi connectivity index (χ0v) is 18.3. The van der Waals surface area contributed by atoms with Gasteiger partial charge in [0, 0.05) is 0 Å². The van der Waals surface area contributed by atoms with E-state index in [9.17, 15) is 30.0 Å². The lowest BCUT2D eigenvalue weighted by Gasteiger charge is -2.29. The van der Waals surface area contributed by atoms with Gasteiger partial charge in [-0.3, -0.25) is 0 Å². The molecule has 0 saturated heterocycles. The summed E-state index contributed by atoms with van der Waals surface area (Å²) in [7, 11) is 2.21. The van der Waals surface area contributed by atoms with Crippen molar-refractivity contribution in [2.75, 3.05) is 0 Å². The maximum Gasteiger partial charge on any atom is 0.343 e. The van der Waals surface area contributed by atoms with Gasteiger partial charge in [0.1, 0.15) is 34.1 Å². The number of phenols is 4. The highest BCUT2D eigenvalue weighted by atomic mass is 33.1. The van der Waals surface area contributed by atoms with Gasteiger partial charge in [-0.05, 0) is 85.7 Å². The number of hydrogen-bond donors (Lipinski definition) is 4. The topological polar surface area (TPSA) is 134 Å². The Morgan fingerprint density at radius 2 is 1.03 bits per heavy atom. The molecule has 8 nitrogen and oxygen atoms in total. The summed E-state index contributed by atoms with van der Waals surface area (Å²) in [6, 6.07) is 7.03. The van der Waals surface area contributed by atoms with Crippen molar-refractivity contribution in [1.82, 2.24) is 0 Å². The van der Waals surface area contributed by atoms with Gasteiger partial charge in [-0.1, -0.05) is 0 Å². The third-order valence-electron chi connectivity index (χ3n) is 3.52.